The highest BCUT2D eigenvalue weighted by Gasteiger charge is 2.30. The van der Waals surface area contributed by atoms with Crippen LogP contribution in [0.3, 0.4) is 0 Å². The highest BCUT2D eigenvalue weighted by molar-refractivity contribution is 6.31. The number of nitrogens with zero attached hydrogens (tertiary/aromatic N) is 4. The van der Waals surface area contributed by atoms with Crippen LogP contribution in [-0.2, 0) is 0 Å². The van der Waals surface area contributed by atoms with E-state index in [4.69, 9.17) is 11.6 Å². The van der Waals surface area contributed by atoms with E-state index >= 15 is 0 Å². The van der Waals surface area contributed by atoms with Gasteiger partial charge < -0.3 is 19.3 Å². The fourth-order valence-electron chi connectivity index (χ4n) is 5.35. The van der Waals surface area contributed by atoms with Gasteiger partial charge in [0.2, 0.25) is 0 Å². The van der Waals surface area contributed by atoms with Crippen LogP contribution in [0.5, 0.6) is 0 Å². The van der Waals surface area contributed by atoms with E-state index in [0.29, 0.717) is 6.04 Å². The van der Waals surface area contributed by atoms with Crippen LogP contribution in [0.15, 0.2) is 54.7 Å². The van der Waals surface area contributed by atoms with E-state index in [0.717, 1.165) is 57.1 Å². The number of benzene rings is 2. The van der Waals surface area contributed by atoms with Gasteiger partial charge in [0.1, 0.15) is 0 Å². The Balaban J connectivity index is 1.26. The fraction of sp³-hybridized carbons (Fsp3) is 0.444. The van der Waals surface area contributed by atoms with Gasteiger partial charge in [0.05, 0.1) is 0 Å². The minimum atomic E-state index is 0.200. The molecule has 1 aromatic heterocycles. The van der Waals surface area contributed by atoms with Crippen molar-refractivity contribution in [2.75, 3.05) is 39.3 Å². The minimum absolute atomic E-state index is 0.200. The lowest BCUT2D eigenvalue weighted by molar-refractivity contribution is 0.158. The summed E-state index contributed by atoms with van der Waals surface area (Å²) < 4.78 is 2.47. The molecule has 5 rings (SSSR count). The molecule has 2 aromatic carbocycles. The number of likely N-dealkylation sites (tertiary alicyclic amines) is 1. The molecule has 2 aliphatic heterocycles. The predicted octanol–water partition coefficient (Wildman–Crippen LogP) is 5.74. The standard InChI is InChI=1S/C27H33ClN4O/c1-20(2)31-17-16-30(27(31)33)15-14-29-12-10-23(11-13-29)32-19-25(21-6-4-3-5-7-21)24-18-22(28)8-9-26(24)32/h3-9,18-20,23H,10-17H2,1-2H3. The van der Waals surface area contributed by atoms with Crippen molar-refractivity contribution in [2.45, 2.75) is 38.8 Å². The maximum absolute atomic E-state index is 12.5. The van der Waals surface area contributed by atoms with Crippen LogP contribution in [0.1, 0.15) is 32.7 Å². The number of piperidine rings is 1. The highest BCUT2D eigenvalue weighted by atomic mass is 35.5. The normalized spacial score (nSPS) is 18.2. The molecule has 0 atom stereocenters. The summed E-state index contributed by atoms with van der Waals surface area (Å²) in [7, 11) is 0. The number of hydrogen-bond donors (Lipinski definition) is 0. The molecule has 5 nitrogen and oxygen atoms in total. The first kappa shape index (κ1) is 22.3. The number of aromatic nitrogens is 1. The molecule has 33 heavy (non-hydrogen) atoms. The molecule has 174 valence electrons. The van der Waals surface area contributed by atoms with Crippen molar-refractivity contribution in [3.63, 3.8) is 0 Å². The number of fused-ring (bicyclic) bond motifs is 1. The van der Waals surface area contributed by atoms with Crippen LogP contribution in [0.25, 0.3) is 22.0 Å². The van der Waals surface area contributed by atoms with Gasteiger partial charge in [-0.15, -0.1) is 0 Å². The summed E-state index contributed by atoms with van der Waals surface area (Å²) in [6, 6.07) is 17.8. The minimum Gasteiger partial charge on any atom is -0.344 e. The van der Waals surface area contributed by atoms with Crippen molar-refractivity contribution < 1.29 is 4.79 Å². The van der Waals surface area contributed by atoms with Gasteiger partial charge in [-0.2, -0.15) is 0 Å². The molecule has 0 spiro atoms. The van der Waals surface area contributed by atoms with Gasteiger partial charge in [0.25, 0.3) is 0 Å². The second-order valence-electron chi connectivity index (χ2n) is 9.61. The lowest BCUT2D eigenvalue weighted by atomic mass is 10.0. The van der Waals surface area contributed by atoms with Crippen molar-refractivity contribution in [3.8, 4) is 11.1 Å². The molecular formula is C27H33ClN4O. The summed E-state index contributed by atoms with van der Waals surface area (Å²) in [6.07, 6.45) is 4.56. The molecule has 6 heteroatoms. The van der Waals surface area contributed by atoms with E-state index in [9.17, 15) is 4.79 Å². The topological polar surface area (TPSA) is 31.7 Å². The molecular weight excluding hydrogens is 432 g/mol. The number of urea groups is 1. The molecule has 0 N–H and O–H groups in total. The Bertz CT molecular complexity index is 1120. The van der Waals surface area contributed by atoms with E-state index in [2.05, 4.69) is 72.0 Å². The Hall–Kier alpha value is -2.50. The second-order valence-corrected chi connectivity index (χ2v) is 10.0. The Morgan fingerprint density at radius 2 is 1.73 bits per heavy atom. The van der Waals surface area contributed by atoms with Gasteiger partial charge in [-0.05, 0) is 50.5 Å². The Morgan fingerprint density at radius 1 is 0.970 bits per heavy atom. The van der Waals surface area contributed by atoms with Crippen LogP contribution in [-0.4, -0.2) is 70.6 Å². The number of halogens is 1. The van der Waals surface area contributed by atoms with E-state index in [1.807, 2.05) is 15.9 Å². The molecule has 0 unspecified atom stereocenters. The zero-order valence-electron chi connectivity index (χ0n) is 19.6. The third-order valence-corrected chi connectivity index (χ3v) is 7.50. The van der Waals surface area contributed by atoms with Gasteiger partial charge in [0, 0.05) is 79.0 Å². The first-order valence-corrected chi connectivity index (χ1v) is 12.5. The SMILES string of the molecule is CC(C)N1CCN(CCN2CCC(n3cc(-c4ccccc4)c4cc(Cl)ccc43)CC2)C1=O. The first-order chi connectivity index (χ1) is 16.0. The summed E-state index contributed by atoms with van der Waals surface area (Å²) in [5.74, 6) is 0. The maximum Gasteiger partial charge on any atom is 0.320 e. The Morgan fingerprint density at radius 3 is 2.42 bits per heavy atom. The number of amides is 2. The number of carbonyl (C=O) groups is 1. The molecule has 3 heterocycles. The van der Waals surface area contributed by atoms with Gasteiger partial charge in [-0.25, -0.2) is 4.79 Å². The van der Waals surface area contributed by atoms with Gasteiger partial charge in [-0.1, -0.05) is 41.9 Å². The summed E-state index contributed by atoms with van der Waals surface area (Å²) in [5, 5.41) is 2.00. The molecule has 0 radical (unpaired) electrons. The summed E-state index contributed by atoms with van der Waals surface area (Å²) in [5.41, 5.74) is 3.73. The number of hydrogen-bond acceptors (Lipinski definition) is 2. The third-order valence-electron chi connectivity index (χ3n) is 7.27. The zero-order valence-corrected chi connectivity index (χ0v) is 20.3. The average molecular weight is 465 g/mol. The van der Waals surface area contributed by atoms with Crippen molar-refractivity contribution in [1.82, 2.24) is 19.3 Å². The molecule has 2 aliphatic rings. The molecule has 0 bridgehead atoms. The summed E-state index contributed by atoms with van der Waals surface area (Å²) in [4.78, 5) is 19.0. The van der Waals surface area contributed by atoms with E-state index < -0.39 is 0 Å². The van der Waals surface area contributed by atoms with E-state index in [-0.39, 0.29) is 12.1 Å². The molecule has 3 aromatic rings. The van der Waals surface area contributed by atoms with Crippen LogP contribution in [0.4, 0.5) is 4.79 Å². The largest absolute Gasteiger partial charge is 0.344 e. The number of carbonyl (C=O) groups excluding carboxylic acids is 1. The lowest BCUT2D eigenvalue weighted by Crippen LogP contribution is -2.42. The van der Waals surface area contributed by atoms with Crippen LogP contribution < -0.4 is 0 Å². The van der Waals surface area contributed by atoms with Crippen molar-refractivity contribution >= 4 is 28.5 Å². The highest BCUT2D eigenvalue weighted by Crippen LogP contribution is 2.36. The van der Waals surface area contributed by atoms with Crippen LogP contribution in [0.2, 0.25) is 5.02 Å². The summed E-state index contributed by atoms with van der Waals surface area (Å²) >= 11 is 6.37. The van der Waals surface area contributed by atoms with E-state index in [1.165, 1.54) is 22.0 Å². The van der Waals surface area contributed by atoms with Crippen molar-refractivity contribution in [2.24, 2.45) is 0 Å². The van der Waals surface area contributed by atoms with Crippen molar-refractivity contribution in [3.05, 3.63) is 59.8 Å². The van der Waals surface area contributed by atoms with Crippen molar-refractivity contribution in [1.29, 1.82) is 0 Å². The fourth-order valence-corrected chi connectivity index (χ4v) is 5.52. The monoisotopic (exact) mass is 464 g/mol. The van der Waals surface area contributed by atoms with Gasteiger partial charge in [0.15, 0.2) is 0 Å². The maximum atomic E-state index is 12.5. The van der Waals surface area contributed by atoms with Gasteiger partial charge >= 0.3 is 6.03 Å². The molecule has 2 saturated heterocycles. The summed E-state index contributed by atoms with van der Waals surface area (Å²) in [6.45, 7) is 9.81. The first-order valence-electron chi connectivity index (χ1n) is 12.1. The third kappa shape index (κ3) is 4.49. The quantitative estimate of drug-likeness (QED) is 0.465. The average Bonchev–Trinajstić information content (AvgIpc) is 3.39. The molecule has 2 fully saturated rings. The van der Waals surface area contributed by atoms with Gasteiger partial charge in [-0.3, -0.25) is 0 Å². The molecule has 0 saturated carbocycles. The lowest BCUT2D eigenvalue weighted by Gasteiger charge is -2.34. The smallest absolute Gasteiger partial charge is 0.320 e. The van der Waals surface area contributed by atoms with Crippen LogP contribution in [0, 0.1) is 0 Å². The van der Waals surface area contributed by atoms with Crippen LogP contribution >= 0.6 is 11.6 Å². The molecule has 2 amide bonds. The second kappa shape index (κ2) is 9.40. The number of rotatable bonds is 6. The van der Waals surface area contributed by atoms with E-state index in [1.54, 1.807) is 0 Å². The Kier molecular flexibility index (Phi) is 6.35. The Labute approximate surface area is 201 Å². The zero-order chi connectivity index (χ0) is 22.9. The predicted molar refractivity (Wildman–Crippen MR) is 136 cm³/mol. The molecule has 0 aliphatic carbocycles.